The number of rotatable bonds is 3. The topological polar surface area (TPSA) is 50.2 Å². The number of hydrogen-bond acceptors (Lipinski definition) is 3. The average molecular weight is 245 g/mol. The van der Waals surface area contributed by atoms with Crippen LogP contribution >= 0.6 is 23.2 Å². The summed E-state index contributed by atoms with van der Waals surface area (Å²) >= 11 is 11.7. The fourth-order valence-corrected chi connectivity index (χ4v) is 1.47. The Kier molecular flexibility index (Phi) is 2.80. The number of hydrogen-bond donors (Lipinski definition) is 1. The van der Waals surface area contributed by atoms with E-state index in [-0.39, 0.29) is 10.7 Å². The Balaban J connectivity index is 2.07. The van der Waals surface area contributed by atoms with E-state index in [4.69, 9.17) is 23.2 Å². The highest BCUT2D eigenvalue weighted by atomic mass is 35.5. The van der Waals surface area contributed by atoms with E-state index in [0.717, 1.165) is 12.8 Å². The Morgan fingerprint density at radius 3 is 2.87 bits per heavy atom. The van der Waals surface area contributed by atoms with Crippen LogP contribution < -0.4 is 5.32 Å². The van der Waals surface area contributed by atoms with Crippen molar-refractivity contribution in [2.45, 2.75) is 25.3 Å². The monoisotopic (exact) mass is 244 g/mol. The minimum absolute atomic E-state index is 0.104. The van der Waals surface area contributed by atoms with E-state index in [1.165, 1.54) is 6.20 Å². The largest absolute Gasteiger partial charge is 0.343 e. The van der Waals surface area contributed by atoms with Gasteiger partial charge in [-0.25, -0.2) is 0 Å². The number of halogens is 2. The number of nitrogens with zero attached hydrogens (tertiary/aromatic N) is 3. The summed E-state index contributed by atoms with van der Waals surface area (Å²) in [5.41, 5.74) is 0.646. The first-order valence-electron chi connectivity index (χ1n) is 4.58. The maximum Gasteiger partial charge on any atom is 0.176 e. The van der Waals surface area contributed by atoms with Crippen LogP contribution in [0.1, 0.15) is 19.8 Å². The quantitative estimate of drug-likeness (QED) is 0.658. The van der Waals surface area contributed by atoms with Gasteiger partial charge in [0.1, 0.15) is 0 Å². The Morgan fingerprint density at radius 1 is 1.53 bits per heavy atom. The van der Waals surface area contributed by atoms with E-state index in [9.17, 15) is 0 Å². The summed E-state index contributed by atoms with van der Waals surface area (Å²) < 4.78 is 0. The van der Waals surface area contributed by atoms with Gasteiger partial charge < -0.3 is 5.32 Å². The first kappa shape index (κ1) is 10.6. The van der Waals surface area contributed by atoms with Crippen molar-refractivity contribution in [1.29, 1.82) is 0 Å². The lowest BCUT2D eigenvalue weighted by Gasteiger charge is -2.04. The molecule has 1 aromatic rings. The first-order valence-corrected chi connectivity index (χ1v) is 5.33. The standard InChI is InChI=1S/C9H10Cl2N4/c1-9(2-3-9)13-5-12-7-6(10)4-14-15-8(7)11/h4-5H,2-3H2,1H3,(H,12,13,14). The molecular weight excluding hydrogens is 235 g/mol. The molecule has 0 saturated heterocycles. The molecule has 1 aliphatic rings. The lowest BCUT2D eigenvalue weighted by molar-refractivity contribution is 0.769. The van der Waals surface area contributed by atoms with Crippen molar-refractivity contribution in [2.75, 3.05) is 5.32 Å². The molecule has 1 aliphatic carbocycles. The minimum Gasteiger partial charge on any atom is -0.343 e. The van der Waals surface area contributed by atoms with Gasteiger partial charge in [0.2, 0.25) is 0 Å². The zero-order chi connectivity index (χ0) is 10.9. The van der Waals surface area contributed by atoms with Crippen LogP contribution in [0.25, 0.3) is 0 Å². The van der Waals surface area contributed by atoms with E-state index >= 15 is 0 Å². The molecule has 1 aromatic heterocycles. The van der Waals surface area contributed by atoms with Gasteiger partial charge in [0.15, 0.2) is 5.15 Å². The van der Waals surface area contributed by atoms with Gasteiger partial charge in [0, 0.05) is 0 Å². The van der Waals surface area contributed by atoms with Gasteiger partial charge in [0.05, 0.1) is 28.8 Å². The van der Waals surface area contributed by atoms with Crippen molar-refractivity contribution < 1.29 is 0 Å². The summed E-state index contributed by atoms with van der Waals surface area (Å²) in [5.74, 6) is 0. The SMILES string of the molecule is CC1(N=CNc2c(Cl)cnnc2Cl)CC1. The summed E-state index contributed by atoms with van der Waals surface area (Å²) in [6.07, 6.45) is 5.30. The van der Waals surface area contributed by atoms with Crippen LogP contribution in [0.3, 0.4) is 0 Å². The van der Waals surface area contributed by atoms with Gasteiger partial charge in [-0.2, -0.15) is 5.10 Å². The molecule has 2 rings (SSSR count). The van der Waals surface area contributed by atoms with Crippen LogP contribution in [0.5, 0.6) is 0 Å². The predicted molar refractivity (Wildman–Crippen MR) is 61.8 cm³/mol. The van der Waals surface area contributed by atoms with Gasteiger partial charge in [-0.05, 0) is 19.8 Å². The summed E-state index contributed by atoms with van der Waals surface area (Å²) in [4.78, 5) is 4.34. The molecule has 15 heavy (non-hydrogen) atoms. The van der Waals surface area contributed by atoms with E-state index in [0.29, 0.717) is 10.7 Å². The molecule has 1 N–H and O–H groups in total. The molecule has 0 aliphatic heterocycles. The van der Waals surface area contributed by atoms with E-state index in [2.05, 4.69) is 27.4 Å². The first-order chi connectivity index (χ1) is 7.11. The molecule has 1 saturated carbocycles. The molecule has 0 radical (unpaired) electrons. The Labute approximate surface area is 97.7 Å². The second kappa shape index (κ2) is 3.94. The third kappa shape index (κ3) is 2.58. The van der Waals surface area contributed by atoms with E-state index < -0.39 is 0 Å². The van der Waals surface area contributed by atoms with E-state index in [1.807, 2.05) is 0 Å². The van der Waals surface area contributed by atoms with Crippen molar-refractivity contribution in [2.24, 2.45) is 4.99 Å². The second-order valence-corrected chi connectivity index (χ2v) is 4.52. The highest BCUT2D eigenvalue weighted by molar-refractivity contribution is 6.38. The molecule has 6 heteroatoms. The number of aromatic nitrogens is 2. The van der Waals surface area contributed by atoms with Crippen molar-refractivity contribution in [3.05, 3.63) is 16.4 Å². The van der Waals surface area contributed by atoms with Gasteiger partial charge in [-0.3, -0.25) is 4.99 Å². The van der Waals surface area contributed by atoms with Crippen molar-refractivity contribution in [3.8, 4) is 0 Å². The lowest BCUT2D eigenvalue weighted by atomic mass is 10.3. The third-order valence-electron chi connectivity index (χ3n) is 2.32. The zero-order valence-corrected chi connectivity index (χ0v) is 9.68. The van der Waals surface area contributed by atoms with Crippen LogP contribution in [-0.4, -0.2) is 22.1 Å². The van der Waals surface area contributed by atoms with Gasteiger partial charge >= 0.3 is 0 Å². The fourth-order valence-electron chi connectivity index (χ4n) is 1.03. The zero-order valence-electron chi connectivity index (χ0n) is 8.17. The molecule has 0 unspecified atom stereocenters. The maximum atomic E-state index is 5.88. The second-order valence-electron chi connectivity index (χ2n) is 3.76. The highest BCUT2D eigenvalue weighted by Gasteiger charge is 2.36. The molecule has 0 aromatic carbocycles. The lowest BCUT2D eigenvalue weighted by Crippen LogP contribution is -2.03. The molecule has 80 valence electrons. The normalized spacial score (nSPS) is 18.1. The molecule has 0 bridgehead atoms. The molecular formula is C9H10Cl2N4. The maximum absolute atomic E-state index is 5.88. The summed E-state index contributed by atoms with van der Waals surface area (Å²) in [6.45, 7) is 2.10. The Bertz CT molecular complexity index is 381. The smallest absolute Gasteiger partial charge is 0.176 e. The molecule has 1 heterocycles. The van der Waals surface area contributed by atoms with Crippen LogP contribution in [-0.2, 0) is 0 Å². The fraction of sp³-hybridized carbons (Fsp3) is 0.444. The van der Waals surface area contributed by atoms with Crippen molar-refractivity contribution >= 4 is 35.2 Å². The van der Waals surface area contributed by atoms with Gasteiger partial charge in [-0.15, -0.1) is 5.10 Å². The summed E-state index contributed by atoms with van der Waals surface area (Å²) in [5, 5.41) is 10.9. The predicted octanol–water partition coefficient (Wildman–Crippen LogP) is 2.78. The Hall–Kier alpha value is -0.870. The van der Waals surface area contributed by atoms with Crippen LogP contribution in [0.2, 0.25) is 10.2 Å². The number of aliphatic imine (C=N–C) groups is 1. The molecule has 1 fully saturated rings. The molecule has 0 spiro atoms. The van der Waals surface area contributed by atoms with Crippen molar-refractivity contribution in [3.63, 3.8) is 0 Å². The average Bonchev–Trinajstić information content (AvgIpc) is 2.90. The number of anilines is 1. The molecule has 4 nitrogen and oxygen atoms in total. The van der Waals surface area contributed by atoms with Crippen LogP contribution in [0.4, 0.5) is 5.69 Å². The van der Waals surface area contributed by atoms with Crippen molar-refractivity contribution in [1.82, 2.24) is 10.2 Å². The third-order valence-corrected chi connectivity index (χ3v) is 2.87. The van der Waals surface area contributed by atoms with Crippen LogP contribution in [0, 0.1) is 0 Å². The van der Waals surface area contributed by atoms with Crippen LogP contribution in [0.15, 0.2) is 11.2 Å². The molecule has 0 amide bonds. The highest BCUT2D eigenvalue weighted by Crippen LogP contribution is 2.38. The van der Waals surface area contributed by atoms with Gasteiger partial charge in [0.25, 0.3) is 0 Å². The van der Waals surface area contributed by atoms with E-state index in [1.54, 1.807) is 6.34 Å². The van der Waals surface area contributed by atoms with Gasteiger partial charge in [-0.1, -0.05) is 23.2 Å². The Morgan fingerprint density at radius 2 is 2.27 bits per heavy atom. The number of nitrogens with one attached hydrogen (secondary N) is 1. The summed E-state index contributed by atoms with van der Waals surface area (Å²) in [7, 11) is 0. The minimum atomic E-state index is 0.104. The summed E-state index contributed by atoms with van der Waals surface area (Å²) in [6, 6.07) is 0. The molecule has 0 atom stereocenters.